The van der Waals surface area contributed by atoms with E-state index in [4.69, 9.17) is 14.2 Å². The van der Waals surface area contributed by atoms with Gasteiger partial charge in [-0.2, -0.15) is 0 Å². The predicted octanol–water partition coefficient (Wildman–Crippen LogP) is 4.07. The van der Waals surface area contributed by atoms with Gasteiger partial charge in [-0.15, -0.1) is 5.54 Å². The van der Waals surface area contributed by atoms with Crippen LogP contribution in [-0.4, -0.2) is 39.7 Å². The van der Waals surface area contributed by atoms with Gasteiger partial charge in [0.25, 0.3) is 0 Å². The van der Waals surface area contributed by atoms with Crippen molar-refractivity contribution < 1.29 is 19.0 Å². The molecule has 1 heterocycles. The van der Waals surface area contributed by atoms with Gasteiger partial charge in [0.2, 0.25) is 0 Å². The highest BCUT2D eigenvalue weighted by Crippen LogP contribution is 2.15. The zero-order valence-electron chi connectivity index (χ0n) is 15.8. The smallest absolute Gasteiger partial charge is 0.303 e. The molecule has 0 bridgehead atoms. The van der Waals surface area contributed by atoms with E-state index in [1.165, 1.54) is 18.9 Å². The lowest BCUT2D eigenvalue weighted by Gasteiger charge is -2.22. The van der Waals surface area contributed by atoms with Gasteiger partial charge in [-0.1, -0.05) is 37.2 Å². The summed E-state index contributed by atoms with van der Waals surface area (Å²) in [6.45, 7) is 11.4. The van der Waals surface area contributed by atoms with E-state index in [-0.39, 0.29) is 18.4 Å². The first-order valence-electron chi connectivity index (χ1n) is 8.85. The van der Waals surface area contributed by atoms with Crippen LogP contribution in [0.5, 0.6) is 0 Å². The zero-order valence-corrected chi connectivity index (χ0v) is 16.8. The van der Waals surface area contributed by atoms with E-state index >= 15 is 0 Å². The standard InChI is InChI=1S/C19H32O4Si/c1-16(15-22-19-11-6-7-13-21-19)9-8-10-18(23-17(2)20)12-14-24(3,4)5/h9,18-19H,6-8,10-11,13,15H2,1-5H3/b16-9-/t18-,19?/m1/s1. The molecule has 1 unspecified atom stereocenters. The Morgan fingerprint density at radius 1 is 1.33 bits per heavy atom. The van der Waals surface area contributed by atoms with Gasteiger partial charge < -0.3 is 14.2 Å². The van der Waals surface area contributed by atoms with Crippen molar-refractivity contribution >= 4 is 14.0 Å². The minimum Gasteiger partial charge on any atom is -0.449 e. The van der Waals surface area contributed by atoms with E-state index < -0.39 is 8.07 Å². The van der Waals surface area contributed by atoms with Gasteiger partial charge in [-0.25, -0.2) is 0 Å². The molecular weight excluding hydrogens is 320 g/mol. The van der Waals surface area contributed by atoms with Crippen LogP contribution in [0.2, 0.25) is 19.6 Å². The third-order valence-electron chi connectivity index (χ3n) is 3.47. The molecule has 0 aliphatic carbocycles. The molecule has 0 saturated carbocycles. The Labute approximate surface area is 147 Å². The molecule has 1 aliphatic rings. The topological polar surface area (TPSA) is 44.8 Å². The van der Waals surface area contributed by atoms with Crippen molar-refractivity contribution in [2.75, 3.05) is 13.2 Å². The van der Waals surface area contributed by atoms with Gasteiger partial charge in [0.15, 0.2) is 12.4 Å². The summed E-state index contributed by atoms with van der Waals surface area (Å²) in [5.74, 6) is 2.86. The highest BCUT2D eigenvalue weighted by Gasteiger charge is 2.14. The summed E-state index contributed by atoms with van der Waals surface area (Å²) >= 11 is 0. The fraction of sp³-hybridized carbons (Fsp3) is 0.737. The van der Waals surface area contributed by atoms with Crippen LogP contribution in [0.4, 0.5) is 0 Å². The van der Waals surface area contributed by atoms with E-state index in [1.54, 1.807) is 0 Å². The Morgan fingerprint density at radius 3 is 2.67 bits per heavy atom. The maximum Gasteiger partial charge on any atom is 0.303 e. The average molecular weight is 353 g/mol. The van der Waals surface area contributed by atoms with Gasteiger partial charge in [-0.05, 0) is 39.0 Å². The number of allylic oxidation sites excluding steroid dienone is 1. The summed E-state index contributed by atoms with van der Waals surface area (Å²) in [5.41, 5.74) is 4.45. The molecule has 2 atom stereocenters. The van der Waals surface area contributed by atoms with Crippen molar-refractivity contribution in [2.24, 2.45) is 0 Å². The molecule has 1 fully saturated rings. The largest absolute Gasteiger partial charge is 0.449 e. The van der Waals surface area contributed by atoms with Crippen LogP contribution in [0.1, 0.15) is 46.0 Å². The molecule has 4 nitrogen and oxygen atoms in total. The SMILES string of the molecule is CC(=O)O[C@@H](C#C[Si](C)(C)C)CC/C=C(/C)COC1CCCCO1. The predicted molar refractivity (Wildman–Crippen MR) is 99.2 cm³/mol. The number of carbonyl (C=O) groups excluding carboxylic acids is 1. The van der Waals surface area contributed by atoms with Crippen LogP contribution in [0.25, 0.3) is 0 Å². The Balaban J connectivity index is 2.40. The molecule has 0 aromatic carbocycles. The lowest BCUT2D eigenvalue weighted by Crippen LogP contribution is -2.22. The summed E-state index contributed by atoms with van der Waals surface area (Å²) in [7, 11) is -1.47. The summed E-state index contributed by atoms with van der Waals surface area (Å²) in [6, 6.07) is 0. The second kappa shape index (κ2) is 10.7. The van der Waals surface area contributed by atoms with Crippen molar-refractivity contribution in [2.45, 2.75) is 78.0 Å². The molecule has 0 radical (unpaired) electrons. The summed E-state index contributed by atoms with van der Waals surface area (Å²) in [5, 5.41) is 0. The van der Waals surface area contributed by atoms with Gasteiger partial charge >= 0.3 is 5.97 Å². The van der Waals surface area contributed by atoms with Crippen LogP contribution in [0.15, 0.2) is 11.6 Å². The second-order valence-corrected chi connectivity index (χ2v) is 12.1. The number of carbonyl (C=O) groups is 1. The fourth-order valence-electron chi connectivity index (χ4n) is 2.26. The first-order valence-corrected chi connectivity index (χ1v) is 12.3. The van der Waals surface area contributed by atoms with E-state index in [0.29, 0.717) is 13.0 Å². The van der Waals surface area contributed by atoms with Crippen molar-refractivity contribution in [1.29, 1.82) is 0 Å². The summed E-state index contributed by atoms with van der Waals surface area (Å²) in [4.78, 5) is 11.2. The second-order valence-electron chi connectivity index (χ2n) is 7.35. The van der Waals surface area contributed by atoms with Gasteiger partial charge in [0.05, 0.1) is 6.61 Å². The number of hydrogen-bond donors (Lipinski definition) is 0. The number of rotatable bonds is 7. The monoisotopic (exact) mass is 352 g/mol. The van der Waals surface area contributed by atoms with Crippen molar-refractivity contribution in [3.63, 3.8) is 0 Å². The van der Waals surface area contributed by atoms with Crippen molar-refractivity contribution in [3.8, 4) is 11.5 Å². The molecule has 0 aromatic rings. The van der Waals surface area contributed by atoms with Crippen LogP contribution in [0.3, 0.4) is 0 Å². The average Bonchev–Trinajstić information content (AvgIpc) is 2.50. The maximum atomic E-state index is 11.2. The molecule has 24 heavy (non-hydrogen) atoms. The Morgan fingerprint density at radius 2 is 2.08 bits per heavy atom. The Kier molecular flexibility index (Phi) is 9.35. The molecule has 136 valence electrons. The molecule has 1 rings (SSSR count). The lowest BCUT2D eigenvalue weighted by atomic mass is 10.1. The van der Waals surface area contributed by atoms with E-state index in [0.717, 1.165) is 25.9 Å². The number of ether oxygens (including phenoxy) is 3. The van der Waals surface area contributed by atoms with Crippen LogP contribution in [-0.2, 0) is 19.0 Å². The maximum absolute atomic E-state index is 11.2. The van der Waals surface area contributed by atoms with Crippen molar-refractivity contribution in [1.82, 2.24) is 0 Å². The van der Waals surface area contributed by atoms with Crippen LogP contribution >= 0.6 is 0 Å². The minimum absolute atomic E-state index is 0.0569. The summed E-state index contributed by atoms with van der Waals surface area (Å²) in [6.07, 6.45) is 6.58. The zero-order chi connectivity index (χ0) is 18.0. The Hall–Kier alpha value is -1.09. The molecule has 1 aliphatic heterocycles. The molecular formula is C19H32O4Si. The Bertz CT molecular complexity index is 476. The van der Waals surface area contributed by atoms with E-state index in [9.17, 15) is 4.79 Å². The van der Waals surface area contributed by atoms with Crippen LogP contribution < -0.4 is 0 Å². The quantitative estimate of drug-likeness (QED) is 0.300. The lowest BCUT2D eigenvalue weighted by molar-refractivity contribution is -0.156. The van der Waals surface area contributed by atoms with Crippen LogP contribution in [0, 0.1) is 11.5 Å². The van der Waals surface area contributed by atoms with Gasteiger partial charge in [-0.3, -0.25) is 4.79 Å². The highest BCUT2D eigenvalue weighted by atomic mass is 28.3. The summed E-state index contributed by atoms with van der Waals surface area (Å²) < 4.78 is 16.6. The van der Waals surface area contributed by atoms with E-state index in [2.05, 4.69) is 44.1 Å². The molecule has 0 N–H and O–H groups in total. The minimum atomic E-state index is -1.47. The van der Waals surface area contributed by atoms with E-state index in [1.807, 2.05) is 0 Å². The molecule has 1 saturated heterocycles. The van der Waals surface area contributed by atoms with Gasteiger partial charge in [0.1, 0.15) is 8.07 Å². The third kappa shape index (κ3) is 10.6. The molecule has 0 spiro atoms. The normalized spacial score (nSPS) is 20.0. The first-order chi connectivity index (χ1) is 11.3. The fourth-order valence-corrected chi connectivity index (χ4v) is 2.86. The molecule has 0 amide bonds. The molecule has 5 heteroatoms. The van der Waals surface area contributed by atoms with Crippen molar-refractivity contribution in [3.05, 3.63) is 11.6 Å². The first kappa shape index (κ1) is 21.0. The van der Waals surface area contributed by atoms with Gasteiger partial charge in [0, 0.05) is 13.5 Å². The highest BCUT2D eigenvalue weighted by molar-refractivity contribution is 6.83. The number of esters is 1. The number of hydrogen-bond acceptors (Lipinski definition) is 4. The molecule has 0 aromatic heterocycles. The third-order valence-corrected chi connectivity index (χ3v) is 4.37.